The normalized spacial score (nSPS) is 11.5. The fraction of sp³-hybridized carbons (Fsp3) is 0.364. The Morgan fingerprint density at radius 3 is 2.52 bits per heavy atom. The van der Waals surface area contributed by atoms with Crippen molar-refractivity contribution in [3.05, 3.63) is 65.7 Å². The van der Waals surface area contributed by atoms with Crippen LogP contribution in [0, 0.1) is 6.92 Å². The molecule has 1 atom stereocenters. The van der Waals surface area contributed by atoms with Gasteiger partial charge in [0.25, 0.3) is 5.91 Å². The predicted molar refractivity (Wildman–Crippen MR) is 106 cm³/mol. The highest BCUT2D eigenvalue weighted by molar-refractivity contribution is 5.87. The molecule has 2 rings (SSSR count). The minimum Gasteiger partial charge on any atom is -0.484 e. The van der Waals surface area contributed by atoms with Crippen LogP contribution in [-0.4, -0.2) is 35.9 Å². The highest BCUT2D eigenvalue weighted by Gasteiger charge is 2.26. The van der Waals surface area contributed by atoms with Gasteiger partial charge in [0.2, 0.25) is 5.91 Å². The maximum Gasteiger partial charge on any atom is 0.261 e. The zero-order chi connectivity index (χ0) is 19.6. The zero-order valence-corrected chi connectivity index (χ0v) is 16.3. The first-order valence-corrected chi connectivity index (χ1v) is 9.31. The summed E-state index contributed by atoms with van der Waals surface area (Å²) in [5, 5.41) is 2.86. The van der Waals surface area contributed by atoms with E-state index in [1.807, 2.05) is 56.3 Å². The summed E-state index contributed by atoms with van der Waals surface area (Å²) in [5.74, 6) is 0.251. The maximum absolute atomic E-state index is 12.8. The van der Waals surface area contributed by atoms with Gasteiger partial charge >= 0.3 is 0 Å². The van der Waals surface area contributed by atoms with Crippen LogP contribution in [0.25, 0.3) is 0 Å². The van der Waals surface area contributed by atoms with Crippen LogP contribution in [-0.2, 0) is 16.1 Å². The number of rotatable bonds is 9. The Kier molecular flexibility index (Phi) is 7.86. The number of hydrogen-bond acceptors (Lipinski definition) is 3. The van der Waals surface area contributed by atoms with E-state index in [-0.39, 0.29) is 18.4 Å². The summed E-state index contributed by atoms with van der Waals surface area (Å²) in [4.78, 5) is 26.9. The number of aryl methyl sites for hydroxylation is 1. The Hall–Kier alpha value is -2.82. The van der Waals surface area contributed by atoms with E-state index in [0.29, 0.717) is 18.8 Å². The number of nitrogens with one attached hydrogen (secondary N) is 1. The summed E-state index contributed by atoms with van der Waals surface area (Å²) >= 11 is 0. The van der Waals surface area contributed by atoms with Crippen LogP contribution in [0.3, 0.4) is 0 Å². The minimum atomic E-state index is -0.580. The maximum atomic E-state index is 12.8. The van der Waals surface area contributed by atoms with Crippen LogP contribution in [0.15, 0.2) is 54.6 Å². The van der Waals surface area contributed by atoms with Crippen molar-refractivity contribution in [3.8, 4) is 5.75 Å². The number of benzene rings is 2. The van der Waals surface area contributed by atoms with Crippen LogP contribution in [0.1, 0.15) is 31.4 Å². The number of hydrogen-bond donors (Lipinski definition) is 1. The smallest absolute Gasteiger partial charge is 0.261 e. The Morgan fingerprint density at radius 1 is 1.11 bits per heavy atom. The lowest BCUT2D eigenvalue weighted by atomic mass is 10.1. The summed E-state index contributed by atoms with van der Waals surface area (Å²) in [7, 11) is 0. The van der Waals surface area contributed by atoms with Gasteiger partial charge in [0.15, 0.2) is 6.61 Å². The molecule has 144 valence electrons. The third-order valence-electron chi connectivity index (χ3n) is 4.26. The molecule has 0 heterocycles. The molecule has 1 N–H and O–H groups in total. The molecule has 0 aliphatic heterocycles. The quantitative estimate of drug-likeness (QED) is 0.739. The zero-order valence-electron chi connectivity index (χ0n) is 16.3. The number of amides is 2. The number of carbonyl (C=O) groups excluding carboxylic acids is 2. The van der Waals surface area contributed by atoms with E-state index in [1.165, 1.54) is 0 Å². The molecule has 0 saturated heterocycles. The average Bonchev–Trinajstić information content (AvgIpc) is 2.68. The van der Waals surface area contributed by atoms with Crippen LogP contribution in [0.5, 0.6) is 5.75 Å². The van der Waals surface area contributed by atoms with Gasteiger partial charge in [-0.15, -0.1) is 0 Å². The number of ether oxygens (including phenoxy) is 1. The van der Waals surface area contributed by atoms with E-state index in [1.54, 1.807) is 24.0 Å². The average molecular weight is 368 g/mol. The fourth-order valence-electron chi connectivity index (χ4n) is 2.73. The highest BCUT2D eigenvalue weighted by atomic mass is 16.5. The molecule has 0 spiro atoms. The van der Waals surface area contributed by atoms with Crippen molar-refractivity contribution in [1.82, 2.24) is 10.2 Å². The van der Waals surface area contributed by atoms with Crippen molar-refractivity contribution < 1.29 is 14.3 Å². The highest BCUT2D eigenvalue weighted by Crippen LogP contribution is 2.13. The van der Waals surface area contributed by atoms with Gasteiger partial charge in [-0.05, 0) is 38.0 Å². The lowest BCUT2D eigenvalue weighted by molar-refractivity contribution is -0.142. The van der Waals surface area contributed by atoms with Crippen LogP contribution in [0.4, 0.5) is 0 Å². The molecular formula is C22H28N2O3. The van der Waals surface area contributed by atoms with Crippen LogP contribution in [0.2, 0.25) is 0 Å². The second-order valence-electron chi connectivity index (χ2n) is 6.58. The van der Waals surface area contributed by atoms with E-state index in [9.17, 15) is 9.59 Å². The van der Waals surface area contributed by atoms with Gasteiger partial charge in [0, 0.05) is 13.1 Å². The minimum absolute atomic E-state index is 0.110. The van der Waals surface area contributed by atoms with Crippen molar-refractivity contribution in [2.75, 3.05) is 13.2 Å². The first-order valence-electron chi connectivity index (χ1n) is 9.31. The molecule has 2 aromatic rings. The lowest BCUT2D eigenvalue weighted by Gasteiger charge is -2.28. The van der Waals surface area contributed by atoms with Gasteiger partial charge in [0.1, 0.15) is 11.8 Å². The lowest BCUT2D eigenvalue weighted by Crippen LogP contribution is -2.49. The molecule has 0 bridgehead atoms. The monoisotopic (exact) mass is 368 g/mol. The van der Waals surface area contributed by atoms with E-state index < -0.39 is 6.04 Å². The molecular weight excluding hydrogens is 340 g/mol. The second kappa shape index (κ2) is 10.4. The van der Waals surface area contributed by atoms with Crippen LogP contribution >= 0.6 is 0 Å². The molecule has 0 aliphatic rings. The van der Waals surface area contributed by atoms with Gasteiger partial charge in [0.05, 0.1) is 0 Å². The van der Waals surface area contributed by atoms with Gasteiger partial charge in [-0.1, -0.05) is 55.0 Å². The molecule has 0 aromatic heterocycles. The third kappa shape index (κ3) is 6.44. The van der Waals surface area contributed by atoms with Crippen molar-refractivity contribution >= 4 is 11.8 Å². The molecule has 0 unspecified atom stereocenters. The Morgan fingerprint density at radius 2 is 1.85 bits per heavy atom. The largest absolute Gasteiger partial charge is 0.484 e. The van der Waals surface area contributed by atoms with Crippen LogP contribution < -0.4 is 10.1 Å². The standard InChI is InChI=1S/C22H28N2O3/c1-4-13-23-22(26)18(3)24(15-19-10-8-9-17(2)14-19)21(25)16-27-20-11-6-5-7-12-20/h5-12,14,18H,4,13,15-16H2,1-3H3,(H,23,26)/t18-/m1/s1. The fourth-order valence-corrected chi connectivity index (χ4v) is 2.73. The van der Waals surface area contributed by atoms with Crippen molar-refractivity contribution in [2.24, 2.45) is 0 Å². The van der Waals surface area contributed by atoms with Gasteiger partial charge in [-0.25, -0.2) is 0 Å². The topological polar surface area (TPSA) is 58.6 Å². The Bertz CT molecular complexity index is 746. The van der Waals surface area contributed by atoms with Crippen molar-refractivity contribution in [2.45, 2.75) is 39.8 Å². The summed E-state index contributed by atoms with van der Waals surface area (Å²) in [6.07, 6.45) is 0.849. The van der Waals surface area contributed by atoms with Gasteiger partial charge in [-0.3, -0.25) is 9.59 Å². The van der Waals surface area contributed by atoms with Gasteiger partial charge < -0.3 is 15.0 Å². The van der Waals surface area contributed by atoms with E-state index in [0.717, 1.165) is 17.5 Å². The summed E-state index contributed by atoms with van der Waals surface area (Å²) in [6, 6.07) is 16.6. The summed E-state index contributed by atoms with van der Waals surface area (Å²) < 4.78 is 5.60. The SMILES string of the molecule is CCCNC(=O)[C@@H](C)N(Cc1cccc(C)c1)C(=O)COc1ccccc1. The molecule has 0 aliphatic carbocycles. The predicted octanol–water partition coefficient (Wildman–Crippen LogP) is 3.32. The van der Waals surface area contributed by atoms with Gasteiger partial charge in [-0.2, -0.15) is 0 Å². The molecule has 27 heavy (non-hydrogen) atoms. The van der Waals surface area contributed by atoms with E-state index in [2.05, 4.69) is 5.32 Å². The van der Waals surface area contributed by atoms with Crippen molar-refractivity contribution in [3.63, 3.8) is 0 Å². The molecule has 2 aromatic carbocycles. The third-order valence-corrected chi connectivity index (χ3v) is 4.26. The number of nitrogens with zero attached hydrogens (tertiary/aromatic N) is 1. The second-order valence-corrected chi connectivity index (χ2v) is 6.58. The number of para-hydroxylation sites is 1. The molecule has 2 amide bonds. The molecule has 5 heteroatoms. The van der Waals surface area contributed by atoms with E-state index >= 15 is 0 Å². The molecule has 0 radical (unpaired) electrons. The first kappa shape index (κ1) is 20.5. The summed E-state index contributed by atoms with van der Waals surface area (Å²) in [5.41, 5.74) is 2.10. The Labute approximate surface area is 161 Å². The summed E-state index contributed by atoms with van der Waals surface area (Å²) in [6.45, 7) is 6.60. The first-order chi connectivity index (χ1) is 13.0. The Balaban J connectivity index is 2.11. The number of carbonyl (C=O) groups is 2. The van der Waals surface area contributed by atoms with E-state index in [4.69, 9.17) is 4.74 Å². The molecule has 5 nitrogen and oxygen atoms in total. The molecule has 0 fully saturated rings. The molecule has 0 saturated carbocycles. The van der Waals surface area contributed by atoms with Crippen molar-refractivity contribution in [1.29, 1.82) is 0 Å².